The molecule has 0 spiro atoms. The Morgan fingerprint density at radius 3 is 2.83 bits per heavy atom. The Kier molecular flexibility index (Phi) is 2.42. The SMILES string of the molecule is CS(=O)(=O)c1ccc2nc(-c3cnns3)[nH]c2c1. The maximum Gasteiger partial charge on any atom is 0.175 e. The van der Waals surface area contributed by atoms with Gasteiger partial charge >= 0.3 is 0 Å². The third-order valence-corrected chi connectivity index (χ3v) is 4.26. The largest absolute Gasteiger partial charge is 0.337 e. The molecule has 2 aromatic heterocycles. The number of imidazole rings is 1. The normalized spacial score (nSPS) is 12.1. The number of rotatable bonds is 2. The van der Waals surface area contributed by atoms with E-state index in [1.165, 1.54) is 17.8 Å². The van der Waals surface area contributed by atoms with E-state index in [0.29, 0.717) is 16.9 Å². The predicted molar refractivity (Wildman–Crippen MR) is 68.1 cm³/mol. The van der Waals surface area contributed by atoms with Gasteiger partial charge in [-0.05, 0) is 29.7 Å². The minimum atomic E-state index is -3.21. The quantitative estimate of drug-likeness (QED) is 0.768. The van der Waals surface area contributed by atoms with Gasteiger partial charge in [0.25, 0.3) is 0 Å². The van der Waals surface area contributed by atoms with Crippen molar-refractivity contribution < 1.29 is 8.42 Å². The molecule has 3 rings (SSSR count). The van der Waals surface area contributed by atoms with E-state index in [1.54, 1.807) is 24.4 Å². The molecule has 0 saturated heterocycles. The molecule has 0 atom stereocenters. The van der Waals surface area contributed by atoms with E-state index < -0.39 is 9.84 Å². The van der Waals surface area contributed by atoms with E-state index in [-0.39, 0.29) is 4.90 Å². The van der Waals surface area contributed by atoms with Crippen LogP contribution in [0.15, 0.2) is 29.3 Å². The molecule has 2 heterocycles. The number of sulfone groups is 1. The second-order valence-electron chi connectivity index (χ2n) is 3.82. The first-order valence-electron chi connectivity index (χ1n) is 5.01. The standard InChI is InChI=1S/C10H8N4O2S2/c1-18(15,16)6-2-3-7-8(4-6)13-10(12-7)9-5-11-14-17-9/h2-5H,1H3,(H,12,13). The van der Waals surface area contributed by atoms with Gasteiger partial charge in [-0.15, -0.1) is 5.10 Å². The van der Waals surface area contributed by atoms with Crippen molar-refractivity contribution in [1.82, 2.24) is 19.6 Å². The Morgan fingerprint density at radius 2 is 2.17 bits per heavy atom. The van der Waals surface area contributed by atoms with Gasteiger partial charge in [0.2, 0.25) is 0 Å². The molecule has 0 aliphatic heterocycles. The summed E-state index contributed by atoms with van der Waals surface area (Å²) in [6, 6.07) is 4.81. The first-order chi connectivity index (χ1) is 8.54. The number of aromatic amines is 1. The van der Waals surface area contributed by atoms with Crippen LogP contribution >= 0.6 is 11.5 Å². The zero-order valence-corrected chi connectivity index (χ0v) is 10.9. The van der Waals surface area contributed by atoms with Gasteiger partial charge in [0.1, 0.15) is 4.88 Å². The highest BCUT2D eigenvalue weighted by atomic mass is 32.2. The van der Waals surface area contributed by atoms with Crippen LogP contribution in [0.5, 0.6) is 0 Å². The van der Waals surface area contributed by atoms with Crippen LogP contribution in [-0.4, -0.2) is 34.2 Å². The van der Waals surface area contributed by atoms with Crippen molar-refractivity contribution in [2.24, 2.45) is 0 Å². The molecule has 6 nitrogen and oxygen atoms in total. The van der Waals surface area contributed by atoms with Crippen LogP contribution in [-0.2, 0) is 9.84 Å². The maximum atomic E-state index is 11.5. The molecule has 1 N–H and O–H groups in total. The van der Waals surface area contributed by atoms with Gasteiger partial charge in [0, 0.05) is 6.26 Å². The number of nitrogens with one attached hydrogen (secondary N) is 1. The summed E-state index contributed by atoms with van der Waals surface area (Å²) in [5, 5.41) is 3.74. The van der Waals surface area contributed by atoms with Crippen LogP contribution in [0.25, 0.3) is 21.7 Å². The highest BCUT2D eigenvalue weighted by Crippen LogP contribution is 2.23. The minimum absolute atomic E-state index is 0.271. The smallest absolute Gasteiger partial charge is 0.175 e. The van der Waals surface area contributed by atoms with Gasteiger partial charge in [0.05, 0.1) is 22.1 Å². The number of hydrogen-bond donors (Lipinski definition) is 1. The lowest BCUT2D eigenvalue weighted by atomic mass is 10.3. The molecule has 0 aliphatic carbocycles. The number of fused-ring (bicyclic) bond motifs is 1. The molecule has 0 amide bonds. The predicted octanol–water partition coefficient (Wildman–Crippen LogP) is 1.48. The monoisotopic (exact) mass is 280 g/mol. The van der Waals surface area contributed by atoms with Gasteiger partial charge < -0.3 is 4.98 Å². The van der Waals surface area contributed by atoms with Gasteiger partial charge in [-0.3, -0.25) is 0 Å². The third kappa shape index (κ3) is 1.89. The lowest BCUT2D eigenvalue weighted by Gasteiger charge is -1.96. The summed E-state index contributed by atoms with van der Waals surface area (Å²) >= 11 is 1.23. The van der Waals surface area contributed by atoms with Gasteiger partial charge in [-0.2, -0.15) is 0 Å². The second-order valence-corrected chi connectivity index (χ2v) is 6.62. The number of nitrogens with zero attached hydrogens (tertiary/aromatic N) is 3. The van der Waals surface area contributed by atoms with Crippen molar-refractivity contribution in [3.63, 3.8) is 0 Å². The molecule has 18 heavy (non-hydrogen) atoms. The summed E-state index contributed by atoms with van der Waals surface area (Å²) in [6.07, 6.45) is 2.79. The summed E-state index contributed by atoms with van der Waals surface area (Å²) in [7, 11) is -3.21. The molecule has 0 unspecified atom stereocenters. The highest BCUT2D eigenvalue weighted by molar-refractivity contribution is 7.90. The van der Waals surface area contributed by atoms with Crippen molar-refractivity contribution in [2.45, 2.75) is 4.90 Å². The molecular formula is C10H8N4O2S2. The zero-order valence-electron chi connectivity index (χ0n) is 9.28. The summed E-state index contributed by atoms with van der Waals surface area (Å²) in [5.41, 5.74) is 1.40. The molecule has 92 valence electrons. The number of H-pyrrole nitrogens is 1. The first-order valence-corrected chi connectivity index (χ1v) is 7.68. The Hall–Kier alpha value is -1.80. The van der Waals surface area contributed by atoms with Crippen molar-refractivity contribution in [1.29, 1.82) is 0 Å². The minimum Gasteiger partial charge on any atom is -0.337 e. The molecular weight excluding hydrogens is 272 g/mol. The third-order valence-electron chi connectivity index (χ3n) is 2.48. The van der Waals surface area contributed by atoms with Gasteiger partial charge in [-0.25, -0.2) is 13.4 Å². The van der Waals surface area contributed by atoms with Gasteiger partial charge in [0.15, 0.2) is 15.7 Å². The van der Waals surface area contributed by atoms with E-state index in [2.05, 4.69) is 19.6 Å². The Bertz CT molecular complexity index is 806. The van der Waals surface area contributed by atoms with E-state index in [9.17, 15) is 8.42 Å². The molecule has 1 aromatic carbocycles. The van der Waals surface area contributed by atoms with Crippen molar-refractivity contribution in [3.8, 4) is 10.7 Å². The summed E-state index contributed by atoms with van der Waals surface area (Å²) < 4.78 is 26.7. The fourth-order valence-electron chi connectivity index (χ4n) is 1.61. The van der Waals surface area contributed by atoms with Crippen LogP contribution in [0, 0.1) is 0 Å². The summed E-state index contributed by atoms with van der Waals surface area (Å²) in [4.78, 5) is 8.51. The lowest BCUT2D eigenvalue weighted by molar-refractivity contribution is 0.602. The fourth-order valence-corrected chi connectivity index (χ4v) is 2.71. The van der Waals surface area contributed by atoms with Crippen molar-refractivity contribution in [3.05, 3.63) is 24.4 Å². The Morgan fingerprint density at radius 1 is 1.33 bits per heavy atom. The van der Waals surface area contributed by atoms with E-state index in [0.717, 1.165) is 4.88 Å². The molecule has 0 saturated carbocycles. The number of aromatic nitrogens is 4. The second kappa shape index (κ2) is 3.85. The van der Waals surface area contributed by atoms with Gasteiger partial charge in [-0.1, -0.05) is 4.49 Å². The lowest BCUT2D eigenvalue weighted by Crippen LogP contribution is -1.96. The molecule has 0 bridgehead atoms. The van der Waals surface area contributed by atoms with E-state index >= 15 is 0 Å². The average molecular weight is 280 g/mol. The molecule has 0 radical (unpaired) electrons. The van der Waals surface area contributed by atoms with Crippen LogP contribution in [0.4, 0.5) is 0 Å². The van der Waals surface area contributed by atoms with Crippen molar-refractivity contribution >= 4 is 32.4 Å². The van der Waals surface area contributed by atoms with Crippen LogP contribution in [0.1, 0.15) is 0 Å². The first kappa shape index (κ1) is 11.3. The van der Waals surface area contributed by atoms with Crippen LogP contribution < -0.4 is 0 Å². The van der Waals surface area contributed by atoms with Crippen molar-refractivity contribution in [2.75, 3.05) is 6.26 Å². The van der Waals surface area contributed by atoms with Crippen LogP contribution in [0.2, 0.25) is 0 Å². The fraction of sp³-hybridized carbons (Fsp3) is 0.100. The topological polar surface area (TPSA) is 88.6 Å². The van der Waals surface area contributed by atoms with Crippen LogP contribution in [0.3, 0.4) is 0 Å². The molecule has 0 aliphatic rings. The molecule has 3 aromatic rings. The average Bonchev–Trinajstić information content (AvgIpc) is 2.95. The number of benzene rings is 1. The Labute approximate surface area is 107 Å². The summed E-state index contributed by atoms with van der Waals surface area (Å²) in [5.74, 6) is 0.644. The maximum absolute atomic E-state index is 11.5. The summed E-state index contributed by atoms with van der Waals surface area (Å²) in [6.45, 7) is 0. The molecule has 0 fully saturated rings. The van der Waals surface area contributed by atoms with E-state index in [4.69, 9.17) is 0 Å². The number of hydrogen-bond acceptors (Lipinski definition) is 6. The van der Waals surface area contributed by atoms with E-state index in [1.807, 2.05) is 0 Å². The Balaban J connectivity index is 2.19. The zero-order chi connectivity index (χ0) is 12.8. The highest BCUT2D eigenvalue weighted by Gasteiger charge is 2.11. The molecule has 8 heteroatoms.